The highest BCUT2D eigenvalue weighted by atomic mass is 32.2. The number of hydrogen-bond donors (Lipinski definition) is 1. The van der Waals surface area contributed by atoms with Gasteiger partial charge in [0.25, 0.3) is 0 Å². The second-order valence-electron chi connectivity index (χ2n) is 6.99. The van der Waals surface area contributed by atoms with Crippen molar-refractivity contribution in [2.24, 2.45) is 0 Å². The van der Waals surface area contributed by atoms with Gasteiger partial charge in [0.15, 0.2) is 0 Å². The molecule has 0 saturated carbocycles. The lowest BCUT2D eigenvalue weighted by molar-refractivity contribution is -0.137. The van der Waals surface area contributed by atoms with Crippen molar-refractivity contribution in [2.75, 3.05) is 13.1 Å². The third kappa shape index (κ3) is 3.42. The van der Waals surface area contributed by atoms with Crippen LogP contribution in [-0.2, 0) is 16.2 Å². The monoisotopic (exact) mass is 408 g/mol. The average molecular weight is 408 g/mol. The maximum atomic E-state index is 12.8. The molecule has 0 amide bonds. The third-order valence-electron chi connectivity index (χ3n) is 5.33. The normalized spacial score (nSPS) is 17.2. The summed E-state index contributed by atoms with van der Waals surface area (Å²) >= 11 is 0. The largest absolute Gasteiger partial charge is 0.416 e. The van der Waals surface area contributed by atoms with Gasteiger partial charge in [0.1, 0.15) is 0 Å². The molecule has 2 heterocycles. The second-order valence-corrected chi connectivity index (χ2v) is 8.93. The predicted molar refractivity (Wildman–Crippen MR) is 100 cm³/mol. The van der Waals surface area contributed by atoms with E-state index < -0.39 is 21.8 Å². The second kappa shape index (κ2) is 6.93. The van der Waals surface area contributed by atoms with Crippen LogP contribution in [0.5, 0.6) is 0 Å². The van der Waals surface area contributed by atoms with Gasteiger partial charge in [0.05, 0.1) is 10.5 Å². The maximum Gasteiger partial charge on any atom is 0.416 e. The van der Waals surface area contributed by atoms with Gasteiger partial charge >= 0.3 is 6.18 Å². The van der Waals surface area contributed by atoms with Crippen molar-refractivity contribution in [3.63, 3.8) is 0 Å². The standard InChI is InChI=1S/C20H19F3N2O2S/c21-20(22,23)15-5-7-16(8-6-15)28(26,27)25-11-9-14(10-12-25)18-13-24-19-4-2-1-3-17(18)19/h1-8,13-14,24H,9-12H2. The summed E-state index contributed by atoms with van der Waals surface area (Å²) in [6.07, 6.45) is -1.17. The topological polar surface area (TPSA) is 53.2 Å². The molecule has 1 aliphatic rings. The summed E-state index contributed by atoms with van der Waals surface area (Å²) in [7, 11) is -3.80. The zero-order valence-electron chi connectivity index (χ0n) is 14.9. The van der Waals surface area contributed by atoms with Gasteiger partial charge in [0.2, 0.25) is 10.0 Å². The number of piperidine rings is 1. The smallest absolute Gasteiger partial charge is 0.361 e. The van der Waals surface area contributed by atoms with Crippen molar-refractivity contribution in [1.29, 1.82) is 0 Å². The van der Waals surface area contributed by atoms with Crippen molar-refractivity contribution in [3.8, 4) is 0 Å². The summed E-state index contributed by atoms with van der Waals surface area (Å²) in [5.74, 6) is 0.246. The molecule has 148 valence electrons. The molecule has 0 unspecified atom stereocenters. The zero-order valence-corrected chi connectivity index (χ0v) is 15.7. The summed E-state index contributed by atoms with van der Waals surface area (Å²) in [6, 6.07) is 11.7. The van der Waals surface area contributed by atoms with E-state index in [-0.39, 0.29) is 10.8 Å². The molecule has 1 saturated heterocycles. The molecule has 4 rings (SSSR count). The maximum absolute atomic E-state index is 12.8. The number of para-hydroxylation sites is 1. The van der Waals surface area contributed by atoms with Gasteiger partial charge in [-0.25, -0.2) is 8.42 Å². The fourth-order valence-electron chi connectivity index (χ4n) is 3.80. The van der Waals surface area contributed by atoms with E-state index in [0.717, 1.165) is 35.2 Å². The highest BCUT2D eigenvalue weighted by Gasteiger charge is 2.33. The molecule has 0 radical (unpaired) electrons. The van der Waals surface area contributed by atoms with Crippen LogP contribution >= 0.6 is 0 Å². The zero-order chi connectivity index (χ0) is 19.9. The molecular formula is C20H19F3N2O2S. The minimum atomic E-state index is -4.49. The molecule has 0 bridgehead atoms. The number of benzene rings is 2. The van der Waals surface area contributed by atoms with Crippen LogP contribution in [0, 0.1) is 0 Å². The lowest BCUT2D eigenvalue weighted by atomic mass is 9.90. The number of H-pyrrole nitrogens is 1. The lowest BCUT2D eigenvalue weighted by Gasteiger charge is -2.31. The van der Waals surface area contributed by atoms with E-state index in [1.165, 1.54) is 9.87 Å². The van der Waals surface area contributed by atoms with Crippen molar-refractivity contribution in [2.45, 2.75) is 29.8 Å². The van der Waals surface area contributed by atoms with Crippen molar-refractivity contribution >= 4 is 20.9 Å². The number of nitrogens with zero attached hydrogens (tertiary/aromatic N) is 1. The number of aromatic amines is 1. The molecule has 0 spiro atoms. The highest BCUT2D eigenvalue weighted by molar-refractivity contribution is 7.89. The fourth-order valence-corrected chi connectivity index (χ4v) is 5.27. The Bertz CT molecular complexity index is 1080. The van der Waals surface area contributed by atoms with Gasteiger partial charge < -0.3 is 4.98 Å². The van der Waals surface area contributed by atoms with Gasteiger partial charge in [0, 0.05) is 30.2 Å². The Hall–Kier alpha value is -2.32. The molecular weight excluding hydrogens is 389 g/mol. The molecule has 2 aromatic carbocycles. The summed E-state index contributed by atoms with van der Waals surface area (Å²) in [6.45, 7) is 0.682. The summed E-state index contributed by atoms with van der Waals surface area (Å²) < 4.78 is 65.0. The highest BCUT2D eigenvalue weighted by Crippen LogP contribution is 2.35. The first-order valence-corrected chi connectivity index (χ1v) is 10.4. The van der Waals surface area contributed by atoms with Crippen LogP contribution in [0.3, 0.4) is 0 Å². The van der Waals surface area contributed by atoms with Crippen molar-refractivity contribution in [3.05, 3.63) is 65.9 Å². The number of alkyl halides is 3. The SMILES string of the molecule is O=S(=O)(c1ccc(C(F)(F)F)cc1)N1CCC(c2c[nH]c3ccccc23)CC1. The number of aromatic nitrogens is 1. The molecule has 8 heteroatoms. The Morgan fingerprint density at radius 1 is 0.964 bits per heavy atom. The van der Waals surface area contributed by atoms with Crippen LogP contribution in [0.25, 0.3) is 10.9 Å². The van der Waals surface area contributed by atoms with Gasteiger partial charge in [-0.05, 0) is 54.7 Å². The summed E-state index contributed by atoms with van der Waals surface area (Å²) in [4.78, 5) is 3.14. The molecule has 28 heavy (non-hydrogen) atoms. The lowest BCUT2D eigenvalue weighted by Crippen LogP contribution is -2.37. The van der Waals surface area contributed by atoms with Crippen LogP contribution in [0.2, 0.25) is 0 Å². The van der Waals surface area contributed by atoms with E-state index >= 15 is 0 Å². The van der Waals surface area contributed by atoms with Crippen molar-refractivity contribution in [1.82, 2.24) is 9.29 Å². The van der Waals surface area contributed by atoms with Gasteiger partial charge in [-0.15, -0.1) is 0 Å². The van der Waals surface area contributed by atoms with Gasteiger partial charge in [-0.3, -0.25) is 0 Å². The van der Waals surface area contributed by atoms with E-state index in [1.807, 2.05) is 30.5 Å². The molecule has 3 aromatic rings. The summed E-state index contributed by atoms with van der Waals surface area (Å²) in [5.41, 5.74) is 1.38. The van der Waals surface area contributed by atoms with E-state index in [1.54, 1.807) is 0 Å². The Balaban J connectivity index is 1.49. The average Bonchev–Trinajstić information content (AvgIpc) is 3.12. The molecule has 0 atom stereocenters. The minimum absolute atomic E-state index is 0.106. The molecule has 4 nitrogen and oxygen atoms in total. The third-order valence-corrected chi connectivity index (χ3v) is 7.25. The first-order valence-electron chi connectivity index (χ1n) is 9.00. The number of halogens is 3. The number of hydrogen-bond acceptors (Lipinski definition) is 2. The number of sulfonamides is 1. The summed E-state index contributed by atoms with van der Waals surface area (Å²) in [5, 5.41) is 1.14. The van der Waals surface area contributed by atoms with Crippen molar-refractivity contribution < 1.29 is 21.6 Å². The predicted octanol–water partition coefficient (Wildman–Crippen LogP) is 4.76. The number of nitrogens with one attached hydrogen (secondary N) is 1. The Kier molecular flexibility index (Phi) is 4.71. The van der Waals surface area contributed by atoms with E-state index in [9.17, 15) is 21.6 Å². The van der Waals surface area contributed by atoms with Crippen LogP contribution in [-0.4, -0.2) is 30.8 Å². The fraction of sp³-hybridized carbons (Fsp3) is 0.300. The molecule has 1 aromatic heterocycles. The number of fused-ring (bicyclic) bond motifs is 1. The molecule has 1 fully saturated rings. The molecule has 1 aliphatic heterocycles. The Morgan fingerprint density at radius 2 is 1.61 bits per heavy atom. The molecule has 1 N–H and O–H groups in total. The first kappa shape index (κ1) is 19.0. The van der Waals surface area contributed by atoms with Crippen LogP contribution in [0.15, 0.2) is 59.6 Å². The Labute approximate surface area is 161 Å². The van der Waals surface area contributed by atoms with Gasteiger partial charge in [-0.2, -0.15) is 17.5 Å². The first-order chi connectivity index (χ1) is 13.3. The minimum Gasteiger partial charge on any atom is -0.361 e. The quantitative estimate of drug-likeness (QED) is 0.680. The Morgan fingerprint density at radius 3 is 2.25 bits per heavy atom. The molecule has 0 aliphatic carbocycles. The van der Waals surface area contributed by atoms with Crippen LogP contribution in [0.4, 0.5) is 13.2 Å². The van der Waals surface area contributed by atoms with Crippen LogP contribution < -0.4 is 0 Å². The van der Waals surface area contributed by atoms with Crippen LogP contribution in [0.1, 0.15) is 29.9 Å². The van der Waals surface area contributed by atoms with E-state index in [0.29, 0.717) is 25.9 Å². The van der Waals surface area contributed by atoms with E-state index in [2.05, 4.69) is 4.98 Å². The van der Waals surface area contributed by atoms with E-state index in [4.69, 9.17) is 0 Å². The van der Waals surface area contributed by atoms with Gasteiger partial charge in [-0.1, -0.05) is 18.2 Å². The number of rotatable bonds is 3.